The zero-order valence-electron chi connectivity index (χ0n) is 26.0. The van der Waals surface area contributed by atoms with E-state index >= 15 is 0 Å². The monoisotopic (exact) mass is 683 g/mol. The molecule has 1 fully saturated rings. The Labute approximate surface area is 278 Å². The minimum atomic E-state index is -0.654. The SMILES string of the molecule is COCCOc1ccc(N2CCN(CCn3ncc4c3nc(NC(=O)OCCSSCCO)n3nc(-c5ccco5)nc43)CC2)cc1. The summed E-state index contributed by atoms with van der Waals surface area (Å²) in [7, 11) is 4.71. The predicted octanol–water partition coefficient (Wildman–Crippen LogP) is 3.50. The van der Waals surface area contributed by atoms with Crippen molar-refractivity contribution in [3.05, 3.63) is 48.9 Å². The van der Waals surface area contributed by atoms with Gasteiger partial charge in [-0.2, -0.15) is 14.6 Å². The highest BCUT2D eigenvalue weighted by molar-refractivity contribution is 8.76. The molecule has 250 valence electrons. The second-order valence-electron chi connectivity index (χ2n) is 10.5. The number of benzene rings is 1. The van der Waals surface area contributed by atoms with Crippen molar-refractivity contribution in [1.29, 1.82) is 0 Å². The van der Waals surface area contributed by atoms with Crippen molar-refractivity contribution < 1.29 is 28.5 Å². The molecule has 0 bridgehead atoms. The Bertz CT molecular complexity index is 1720. The van der Waals surface area contributed by atoms with Crippen LogP contribution in [0.25, 0.3) is 28.3 Å². The summed E-state index contributed by atoms with van der Waals surface area (Å²) in [5.41, 5.74) is 2.24. The minimum absolute atomic E-state index is 0.107. The van der Waals surface area contributed by atoms with Crippen LogP contribution in [0.2, 0.25) is 0 Å². The molecule has 1 amide bonds. The number of hydrogen-bond donors (Lipinski definition) is 2. The quantitative estimate of drug-likeness (QED) is 0.115. The van der Waals surface area contributed by atoms with E-state index in [2.05, 4.69) is 37.4 Å². The molecule has 1 aliphatic heterocycles. The third kappa shape index (κ3) is 8.28. The maximum atomic E-state index is 12.7. The second-order valence-corrected chi connectivity index (χ2v) is 13.2. The van der Waals surface area contributed by atoms with E-state index in [1.54, 1.807) is 31.7 Å². The molecule has 15 nitrogen and oxygen atoms in total. The van der Waals surface area contributed by atoms with Gasteiger partial charge in [-0.05, 0) is 36.4 Å². The van der Waals surface area contributed by atoms with Crippen molar-refractivity contribution in [1.82, 2.24) is 34.3 Å². The number of rotatable bonds is 16. The molecular formula is C30H37N9O6S2. The summed E-state index contributed by atoms with van der Waals surface area (Å²) in [6, 6.07) is 11.7. The molecule has 1 aliphatic rings. The summed E-state index contributed by atoms with van der Waals surface area (Å²) in [4.78, 5) is 26.9. The van der Waals surface area contributed by atoms with E-state index in [1.807, 2.05) is 16.8 Å². The highest BCUT2D eigenvalue weighted by atomic mass is 33.1. The number of anilines is 2. The Morgan fingerprint density at radius 3 is 2.60 bits per heavy atom. The van der Waals surface area contributed by atoms with Crippen LogP contribution in [0.4, 0.5) is 16.4 Å². The lowest BCUT2D eigenvalue weighted by molar-refractivity contribution is 0.146. The number of furan rings is 1. The van der Waals surface area contributed by atoms with Crippen LogP contribution in [0, 0.1) is 0 Å². The van der Waals surface area contributed by atoms with Gasteiger partial charge in [0.15, 0.2) is 17.1 Å². The van der Waals surface area contributed by atoms with Crippen molar-refractivity contribution in [2.45, 2.75) is 6.54 Å². The molecule has 0 saturated carbocycles. The first-order valence-electron chi connectivity index (χ1n) is 15.3. The van der Waals surface area contributed by atoms with Crippen LogP contribution in [0.5, 0.6) is 5.75 Å². The average Bonchev–Trinajstić information content (AvgIpc) is 3.87. The lowest BCUT2D eigenvalue weighted by Crippen LogP contribution is -2.47. The van der Waals surface area contributed by atoms with Crippen LogP contribution in [-0.2, 0) is 16.0 Å². The topological polar surface area (TPSA) is 158 Å². The summed E-state index contributed by atoms with van der Waals surface area (Å²) >= 11 is 0. The second kappa shape index (κ2) is 16.2. The van der Waals surface area contributed by atoms with Crippen molar-refractivity contribution in [3.63, 3.8) is 0 Å². The highest BCUT2D eigenvalue weighted by Gasteiger charge is 2.22. The number of hydrogen-bond acceptors (Lipinski definition) is 14. The van der Waals surface area contributed by atoms with Gasteiger partial charge in [-0.1, -0.05) is 21.6 Å². The molecule has 2 N–H and O–H groups in total. The van der Waals surface area contributed by atoms with Crippen molar-refractivity contribution >= 4 is 56.0 Å². The van der Waals surface area contributed by atoms with Crippen molar-refractivity contribution in [2.24, 2.45) is 0 Å². The molecule has 6 rings (SSSR count). The fourth-order valence-electron chi connectivity index (χ4n) is 5.10. The van der Waals surface area contributed by atoms with Crippen molar-refractivity contribution in [2.75, 3.05) is 88.0 Å². The Morgan fingerprint density at radius 2 is 1.83 bits per heavy atom. The molecule has 5 heterocycles. The fourth-order valence-corrected chi connectivity index (χ4v) is 6.70. The molecule has 5 aromatic rings. The number of piperazine rings is 1. The number of ether oxygens (including phenoxy) is 3. The number of carbonyl (C=O) groups is 1. The van der Waals surface area contributed by atoms with E-state index in [0.29, 0.717) is 59.5 Å². The van der Waals surface area contributed by atoms with E-state index in [1.165, 1.54) is 31.8 Å². The van der Waals surface area contributed by atoms with E-state index in [4.69, 9.17) is 33.7 Å². The first-order chi connectivity index (χ1) is 23.1. The lowest BCUT2D eigenvalue weighted by atomic mass is 10.2. The molecule has 47 heavy (non-hydrogen) atoms. The number of aliphatic hydroxyl groups is 1. The van der Waals surface area contributed by atoms with Crippen molar-refractivity contribution in [3.8, 4) is 17.3 Å². The predicted molar refractivity (Wildman–Crippen MR) is 181 cm³/mol. The third-order valence-electron chi connectivity index (χ3n) is 7.44. The normalized spacial score (nSPS) is 13.9. The van der Waals surface area contributed by atoms with Gasteiger partial charge in [0.25, 0.3) is 0 Å². The van der Waals surface area contributed by atoms with Crippen LogP contribution in [0.15, 0.2) is 53.3 Å². The Morgan fingerprint density at radius 1 is 1.00 bits per heavy atom. The summed E-state index contributed by atoms with van der Waals surface area (Å²) in [5.74, 6) is 3.05. The molecule has 0 spiro atoms. The molecule has 0 aliphatic carbocycles. The van der Waals surface area contributed by atoms with Gasteiger partial charge >= 0.3 is 6.09 Å². The van der Waals surface area contributed by atoms with E-state index < -0.39 is 6.09 Å². The average molecular weight is 684 g/mol. The number of nitrogens with zero attached hydrogens (tertiary/aromatic N) is 8. The number of methoxy groups -OCH3 is 1. The van der Waals surface area contributed by atoms with Crippen LogP contribution < -0.4 is 15.0 Å². The molecular weight excluding hydrogens is 647 g/mol. The lowest BCUT2D eigenvalue weighted by Gasteiger charge is -2.36. The van der Waals surface area contributed by atoms with Crippen LogP contribution in [-0.4, -0.2) is 123 Å². The highest BCUT2D eigenvalue weighted by Crippen LogP contribution is 2.26. The minimum Gasteiger partial charge on any atom is -0.491 e. The number of amides is 1. The smallest absolute Gasteiger partial charge is 0.414 e. The van der Waals surface area contributed by atoms with Crippen LogP contribution in [0.1, 0.15) is 0 Å². The number of fused-ring (bicyclic) bond motifs is 3. The Balaban J connectivity index is 1.11. The zero-order valence-corrected chi connectivity index (χ0v) is 27.6. The molecule has 1 aromatic carbocycles. The number of aliphatic hydroxyl groups excluding tert-OH is 1. The molecule has 0 unspecified atom stereocenters. The van der Waals surface area contributed by atoms with E-state index in [9.17, 15) is 4.79 Å². The van der Waals surface area contributed by atoms with Crippen LogP contribution >= 0.6 is 21.6 Å². The van der Waals surface area contributed by atoms with Gasteiger partial charge in [-0.15, -0.1) is 5.10 Å². The fraction of sp³-hybridized carbons (Fsp3) is 0.433. The first-order valence-corrected chi connectivity index (χ1v) is 17.8. The first kappa shape index (κ1) is 32.9. The molecule has 17 heteroatoms. The van der Waals surface area contributed by atoms with Gasteiger partial charge < -0.3 is 28.6 Å². The zero-order chi connectivity index (χ0) is 32.4. The summed E-state index contributed by atoms with van der Waals surface area (Å²) in [5, 5.41) is 21.5. The van der Waals surface area contributed by atoms with Gasteiger partial charge in [0, 0.05) is 57.0 Å². The van der Waals surface area contributed by atoms with Gasteiger partial charge in [0.05, 0.1) is 37.6 Å². The molecule has 0 radical (unpaired) electrons. The standard InChI is InChI=1S/C30H37N9O6S2/c1-42-16-17-43-23-6-4-22(5-7-23)37-11-8-36(9-12-37)10-13-38-27-24(21-31-38)28-32-26(25-3-2-15-44-25)35-39(28)29(33-27)34-30(41)45-18-20-47-46-19-14-40/h2-7,15,21,40H,8-14,16-20H2,1H3,(H,33,34,41). The van der Waals surface area contributed by atoms with Crippen LogP contribution in [0.3, 0.4) is 0 Å². The number of aromatic nitrogens is 6. The van der Waals surface area contributed by atoms with Gasteiger partial charge in [-0.25, -0.2) is 14.5 Å². The summed E-state index contributed by atoms with van der Waals surface area (Å²) in [6.07, 6.45) is 2.62. The van der Waals surface area contributed by atoms with Gasteiger partial charge in [0.1, 0.15) is 19.0 Å². The Kier molecular flexibility index (Phi) is 11.3. The summed E-state index contributed by atoms with van der Waals surface area (Å²) < 4.78 is 24.9. The Hall–Kier alpha value is -4.03. The largest absolute Gasteiger partial charge is 0.491 e. The third-order valence-corrected chi connectivity index (χ3v) is 9.79. The number of carbonyl (C=O) groups excluding carboxylic acids is 1. The van der Waals surface area contributed by atoms with Gasteiger partial charge in [-0.3, -0.25) is 10.2 Å². The van der Waals surface area contributed by atoms with Gasteiger partial charge in [0.2, 0.25) is 11.8 Å². The van der Waals surface area contributed by atoms with E-state index in [0.717, 1.165) is 38.5 Å². The summed E-state index contributed by atoms with van der Waals surface area (Å²) in [6.45, 7) is 6.43. The molecule has 0 atom stereocenters. The molecule has 1 saturated heterocycles. The number of nitrogens with one attached hydrogen (secondary N) is 1. The maximum Gasteiger partial charge on any atom is 0.414 e. The maximum absolute atomic E-state index is 12.7. The molecule has 4 aromatic heterocycles. The van der Waals surface area contributed by atoms with E-state index in [-0.39, 0.29) is 19.2 Å².